The van der Waals surface area contributed by atoms with Crippen molar-refractivity contribution in [3.8, 4) is 17.2 Å². The summed E-state index contributed by atoms with van der Waals surface area (Å²) in [5.41, 5.74) is 0.741. The van der Waals surface area contributed by atoms with E-state index in [1.54, 1.807) is 78.3 Å². The van der Waals surface area contributed by atoms with Crippen molar-refractivity contribution >= 4 is 23.7 Å². The first kappa shape index (κ1) is 27.4. The van der Waals surface area contributed by atoms with Gasteiger partial charge < -0.3 is 24.4 Å². The molecule has 1 aliphatic rings. The molecule has 8 nitrogen and oxygen atoms in total. The van der Waals surface area contributed by atoms with E-state index in [0.29, 0.717) is 48.8 Å². The number of methoxy groups -OCH3 is 1. The monoisotopic (exact) mass is 528 g/mol. The number of carbonyl (C=O) groups excluding carboxylic acids is 3. The van der Waals surface area contributed by atoms with Crippen molar-refractivity contribution < 1.29 is 29.0 Å². The maximum atomic E-state index is 13.3. The number of rotatable bonds is 8. The van der Waals surface area contributed by atoms with Gasteiger partial charge in [-0.15, -0.1) is 0 Å². The second-order valence-electron chi connectivity index (χ2n) is 9.71. The molecule has 3 aromatic rings. The molecule has 2 amide bonds. The molecule has 0 spiro atoms. The Morgan fingerprint density at radius 3 is 2.10 bits per heavy atom. The lowest BCUT2D eigenvalue weighted by Crippen LogP contribution is -2.56. The second-order valence-corrected chi connectivity index (χ2v) is 9.71. The average Bonchev–Trinajstić information content (AvgIpc) is 2.96. The molecule has 8 heteroatoms. The van der Waals surface area contributed by atoms with Crippen LogP contribution in [0.3, 0.4) is 0 Å². The van der Waals surface area contributed by atoms with Gasteiger partial charge in [0.05, 0.1) is 7.11 Å². The lowest BCUT2D eigenvalue weighted by molar-refractivity contribution is -0.149. The lowest BCUT2D eigenvalue weighted by Gasteiger charge is -2.38. The highest BCUT2D eigenvalue weighted by Gasteiger charge is 2.36. The number of benzene rings is 3. The first-order chi connectivity index (χ1) is 18.7. The smallest absolute Gasteiger partial charge is 0.266 e. The molecule has 202 valence electrons. The molecule has 3 aromatic carbocycles. The normalized spacial score (nSPS) is 13.8. The number of hydrogen-bond donors (Lipinski definition) is 1. The summed E-state index contributed by atoms with van der Waals surface area (Å²) in [4.78, 5) is 42.0. The number of hydrogen-bond acceptors (Lipinski definition) is 6. The second kappa shape index (κ2) is 11.9. The average molecular weight is 529 g/mol. The zero-order valence-corrected chi connectivity index (χ0v) is 22.3. The van der Waals surface area contributed by atoms with Crippen LogP contribution in [0.25, 0.3) is 6.08 Å². The number of piperazine rings is 1. The first-order valence-electron chi connectivity index (χ1n) is 12.7. The number of carbonyl (C=O) groups is 3. The summed E-state index contributed by atoms with van der Waals surface area (Å²) in [5, 5.41) is 9.72. The number of phenolic OH excluding ortho intramolecular Hbond substituents is 1. The Balaban J connectivity index is 1.30. The molecule has 1 aliphatic heterocycles. The Hall–Kier alpha value is -4.59. The van der Waals surface area contributed by atoms with Gasteiger partial charge in [0.2, 0.25) is 5.91 Å². The van der Waals surface area contributed by atoms with Gasteiger partial charge in [-0.2, -0.15) is 0 Å². The Kier molecular flexibility index (Phi) is 8.34. The summed E-state index contributed by atoms with van der Waals surface area (Å²) < 4.78 is 11.1. The maximum Gasteiger partial charge on any atom is 0.266 e. The zero-order valence-electron chi connectivity index (χ0n) is 22.3. The molecular weight excluding hydrogens is 496 g/mol. The molecule has 1 N–H and O–H groups in total. The number of ketones is 1. The largest absolute Gasteiger partial charge is 0.504 e. The van der Waals surface area contributed by atoms with Crippen LogP contribution in [0.15, 0.2) is 78.9 Å². The van der Waals surface area contributed by atoms with Crippen molar-refractivity contribution in [2.45, 2.75) is 19.4 Å². The van der Waals surface area contributed by atoms with Gasteiger partial charge in [-0.3, -0.25) is 14.4 Å². The molecule has 39 heavy (non-hydrogen) atoms. The van der Waals surface area contributed by atoms with Crippen molar-refractivity contribution in [1.82, 2.24) is 9.80 Å². The highest BCUT2D eigenvalue weighted by atomic mass is 16.5. The third kappa shape index (κ3) is 6.65. The van der Waals surface area contributed by atoms with Crippen LogP contribution in [0.2, 0.25) is 0 Å². The Bertz CT molecular complexity index is 1360. The standard InChI is InChI=1S/C31H32N2O6/c1-31(2,39-25-13-11-24(12-14-25)29(36)23-7-5-4-6-8-23)30(37)33-19-17-32(18-20-33)28(35)16-10-22-9-15-26(34)27(21-22)38-3/h4-16,21,34H,17-20H2,1-3H3/b16-10+. The van der Waals surface area contributed by atoms with Crippen LogP contribution < -0.4 is 9.47 Å². The van der Waals surface area contributed by atoms with E-state index in [1.807, 2.05) is 18.2 Å². The van der Waals surface area contributed by atoms with Crippen LogP contribution in [-0.4, -0.2) is 71.4 Å². The molecule has 0 aromatic heterocycles. The van der Waals surface area contributed by atoms with Crippen LogP contribution >= 0.6 is 0 Å². The number of amides is 2. The fourth-order valence-corrected chi connectivity index (χ4v) is 4.35. The van der Waals surface area contributed by atoms with E-state index in [2.05, 4.69) is 0 Å². The molecule has 1 heterocycles. The molecule has 0 bridgehead atoms. The molecule has 0 aliphatic carbocycles. The molecule has 1 saturated heterocycles. The van der Waals surface area contributed by atoms with E-state index in [0.717, 1.165) is 5.56 Å². The summed E-state index contributed by atoms with van der Waals surface area (Å²) in [6.45, 7) is 5.01. The number of aromatic hydroxyl groups is 1. The first-order valence-corrected chi connectivity index (χ1v) is 12.7. The summed E-state index contributed by atoms with van der Waals surface area (Å²) in [5.74, 6) is 0.438. The van der Waals surface area contributed by atoms with Gasteiger partial charge >= 0.3 is 0 Å². The number of ether oxygens (including phenoxy) is 2. The predicted molar refractivity (Wildman–Crippen MR) is 148 cm³/mol. The lowest BCUT2D eigenvalue weighted by atomic mass is 10.0. The molecule has 1 fully saturated rings. The molecule has 0 atom stereocenters. The van der Waals surface area contributed by atoms with Gasteiger partial charge in [-0.25, -0.2) is 0 Å². The van der Waals surface area contributed by atoms with Gasteiger partial charge in [0.15, 0.2) is 22.9 Å². The van der Waals surface area contributed by atoms with Gasteiger partial charge in [0, 0.05) is 43.4 Å². The summed E-state index contributed by atoms with van der Waals surface area (Å²) in [7, 11) is 1.46. The summed E-state index contributed by atoms with van der Waals surface area (Å²) in [6, 6.07) is 20.7. The minimum absolute atomic E-state index is 0.0313. The number of phenols is 1. The topological polar surface area (TPSA) is 96.4 Å². The van der Waals surface area contributed by atoms with Crippen molar-refractivity contribution in [3.05, 3.63) is 95.6 Å². The summed E-state index contributed by atoms with van der Waals surface area (Å²) in [6.07, 6.45) is 3.14. The van der Waals surface area contributed by atoms with Crippen LogP contribution in [0.1, 0.15) is 35.3 Å². The van der Waals surface area contributed by atoms with Gasteiger partial charge in [-0.05, 0) is 61.9 Å². The van der Waals surface area contributed by atoms with E-state index in [9.17, 15) is 19.5 Å². The molecule has 0 radical (unpaired) electrons. The quantitative estimate of drug-likeness (QED) is 0.348. The third-order valence-corrected chi connectivity index (χ3v) is 6.54. The van der Waals surface area contributed by atoms with E-state index in [-0.39, 0.29) is 23.3 Å². The number of nitrogens with zero attached hydrogens (tertiary/aromatic N) is 2. The van der Waals surface area contributed by atoms with Crippen molar-refractivity contribution in [2.24, 2.45) is 0 Å². The maximum absolute atomic E-state index is 13.3. The fraction of sp³-hybridized carbons (Fsp3) is 0.258. The predicted octanol–water partition coefficient (Wildman–Crippen LogP) is 4.17. The SMILES string of the molecule is COc1cc(/C=C/C(=O)N2CCN(C(=O)C(C)(C)Oc3ccc(C(=O)c4ccccc4)cc3)CC2)ccc1O. The van der Waals surface area contributed by atoms with Crippen molar-refractivity contribution in [2.75, 3.05) is 33.3 Å². The highest BCUT2D eigenvalue weighted by molar-refractivity contribution is 6.09. The van der Waals surface area contributed by atoms with E-state index < -0.39 is 5.60 Å². The van der Waals surface area contributed by atoms with E-state index in [1.165, 1.54) is 19.3 Å². The zero-order chi connectivity index (χ0) is 28.0. The third-order valence-electron chi connectivity index (χ3n) is 6.54. The van der Waals surface area contributed by atoms with E-state index in [4.69, 9.17) is 9.47 Å². The van der Waals surface area contributed by atoms with Crippen LogP contribution in [0.4, 0.5) is 0 Å². The minimum atomic E-state index is -1.13. The molecular formula is C31H32N2O6. The van der Waals surface area contributed by atoms with Crippen LogP contribution in [0, 0.1) is 0 Å². The molecule has 0 saturated carbocycles. The van der Waals surface area contributed by atoms with Crippen LogP contribution in [0.5, 0.6) is 17.2 Å². The van der Waals surface area contributed by atoms with Crippen molar-refractivity contribution in [1.29, 1.82) is 0 Å². The van der Waals surface area contributed by atoms with Crippen LogP contribution in [-0.2, 0) is 9.59 Å². The van der Waals surface area contributed by atoms with Gasteiger partial charge in [-0.1, -0.05) is 36.4 Å². The Morgan fingerprint density at radius 2 is 1.46 bits per heavy atom. The minimum Gasteiger partial charge on any atom is -0.504 e. The highest BCUT2D eigenvalue weighted by Crippen LogP contribution is 2.27. The fourth-order valence-electron chi connectivity index (χ4n) is 4.35. The van der Waals surface area contributed by atoms with Gasteiger partial charge in [0.25, 0.3) is 5.91 Å². The Labute approximate surface area is 228 Å². The molecule has 0 unspecified atom stereocenters. The Morgan fingerprint density at radius 1 is 0.846 bits per heavy atom. The van der Waals surface area contributed by atoms with Crippen molar-refractivity contribution in [3.63, 3.8) is 0 Å². The summed E-state index contributed by atoms with van der Waals surface area (Å²) >= 11 is 0. The molecule has 4 rings (SSSR count). The van der Waals surface area contributed by atoms with E-state index >= 15 is 0 Å². The van der Waals surface area contributed by atoms with Gasteiger partial charge in [0.1, 0.15) is 5.75 Å².